The van der Waals surface area contributed by atoms with Crippen molar-refractivity contribution in [3.8, 4) is 6.07 Å². The maximum atomic E-state index is 11.9. The Hall–Kier alpha value is -1.08. The monoisotopic (exact) mass is 270 g/mol. The molecule has 3 nitrogen and oxygen atoms in total. The predicted octanol–water partition coefficient (Wildman–Crippen LogP) is 3.02. The van der Waals surface area contributed by atoms with Gasteiger partial charge in [0.05, 0.1) is 22.7 Å². The van der Waals surface area contributed by atoms with Gasteiger partial charge < -0.3 is 0 Å². The summed E-state index contributed by atoms with van der Waals surface area (Å²) in [7, 11) is 1.80. The zero-order valence-electron chi connectivity index (χ0n) is 9.41. The maximum Gasteiger partial charge on any atom is 0.176 e. The van der Waals surface area contributed by atoms with E-state index in [-0.39, 0.29) is 12.3 Å². The molecular formula is C12H12Cl2N2O. The van der Waals surface area contributed by atoms with Gasteiger partial charge in [0.1, 0.15) is 0 Å². The average Bonchev–Trinajstić information content (AvgIpc) is 2.30. The molecule has 0 aromatic heterocycles. The van der Waals surface area contributed by atoms with Crippen molar-refractivity contribution in [2.45, 2.75) is 6.42 Å². The van der Waals surface area contributed by atoms with Gasteiger partial charge in [0.25, 0.3) is 0 Å². The average molecular weight is 271 g/mol. The van der Waals surface area contributed by atoms with Crippen LogP contribution in [0.1, 0.15) is 16.8 Å². The van der Waals surface area contributed by atoms with Gasteiger partial charge in [-0.25, -0.2) is 0 Å². The number of ketones is 1. The van der Waals surface area contributed by atoms with E-state index in [2.05, 4.69) is 0 Å². The molecule has 0 saturated heterocycles. The fraction of sp³-hybridized carbons (Fsp3) is 0.333. The van der Waals surface area contributed by atoms with Gasteiger partial charge in [-0.3, -0.25) is 9.69 Å². The Morgan fingerprint density at radius 1 is 1.41 bits per heavy atom. The molecule has 0 spiro atoms. The van der Waals surface area contributed by atoms with Gasteiger partial charge >= 0.3 is 0 Å². The number of halogens is 2. The molecule has 0 aliphatic rings. The molecule has 0 bridgehead atoms. The smallest absolute Gasteiger partial charge is 0.176 e. The minimum Gasteiger partial charge on any atom is -0.298 e. The second-order valence-corrected chi connectivity index (χ2v) is 4.51. The first kappa shape index (κ1) is 14.0. The second kappa shape index (κ2) is 6.61. The molecule has 90 valence electrons. The highest BCUT2D eigenvalue weighted by Gasteiger charge is 2.10. The summed E-state index contributed by atoms with van der Waals surface area (Å²) in [6, 6.07) is 6.85. The summed E-state index contributed by atoms with van der Waals surface area (Å²) in [6.07, 6.45) is 0.408. The number of nitrogens with zero attached hydrogens (tertiary/aromatic N) is 2. The van der Waals surface area contributed by atoms with Gasteiger partial charge in [-0.15, -0.1) is 0 Å². The molecule has 0 aliphatic carbocycles. The summed E-state index contributed by atoms with van der Waals surface area (Å²) in [4.78, 5) is 13.7. The van der Waals surface area contributed by atoms with Crippen molar-refractivity contribution in [1.82, 2.24) is 4.90 Å². The lowest BCUT2D eigenvalue weighted by molar-refractivity contribution is 0.0947. The van der Waals surface area contributed by atoms with Gasteiger partial charge in [0, 0.05) is 18.5 Å². The molecule has 0 amide bonds. The number of nitriles is 1. The lowest BCUT2D eigenvalue weighted by atomic mass is 10.1. The molecule has 0 N–H and O–H groups in total. The first-order valence-electron chi connectivity index (χ1n) is 5.08. The van der Waals surface area contributed by atoms with Gasteiger partial charge in [-0.2, -0.15) is 5.26 Å². The van der Waals surface area contributed by atoms with Crippen molar-refractivity contribution >= 4 is 29.0 Å². The molecule has 0 unspecified atom stereocenters. The number of carbonyl (C=O) groups is 1. The van der Waals surface area contributed by atoms with Crippen LogP contribution in [0.5, 0.6) is 0 Å². The van der Waals surface area contributed by atoms with Crippen molar-refractivity contribution in [2.24, 2.45) is 0 Å². The van der Waals surface area contributed by atoms with E-state index in [1.807, 2.05) is 6.07 Å². The highest BCUT2D eigenvalue weighted by atomic mass is 35.5. The van der Waals surface area contributed by atoms with E-state index < -0.39 is 0 Å². The Morgan fingerprint density at radius 3 is 2.71 bits per heavy atom. The number of hydrogen-bond donors (Lipinski definition) is 0. The van der Waals surface area contributed by atoms with Crippen molar-refractivity contribution in [1.29, 1.82) is 5.26 Å². The van der Waals surface area contributed by atoms with Crippen LogP contribution in [-0.2, 0) is 0 Å². The van der Waals surface area contributed by atoms with E-state index in [1.165, 1.54) is 0 Å². The third-order valence-electron chi connectivity index (χ3n) is 2.26. The van der Waals surface area contributed by atoms with Crippen LogP contribution in [0, 0.1) is 11.3 Å². The Bertz CT molecular complexity index is 454. The normalized spacial score (nSPS) is 10.3. The van der Waals surface area contributed by atoms with Crippen LogP contribution in [0.2, 0.25) is 10.0 Å². The number of likely N-dealkylation sites (N-methyl/N-ethyl adjacent to an activating group) is 1. The molecule has 0 heterocycles. The van der Waals surface area contributed by atoms with Crippen molar-refractivity contribution < 1.29 is 4.79 Å². The summed E-state index contributed by atoms with van der Waals surface area (Å²) in [5, 5.41) is 9.24. The third-order valence-corrected chi connectivity index (χ3v) is 3.00. The topological polar surface area (TPSA) is 44.1 Å². The van der Waals surface area contributed by atoms with Gasteiger partial charge in [-0.05, 0) is 25.2 Å². The highest BCUT2D eigenvalue weighted by Crippen LogP contribution is 2.22. The number of benzene rings is 1. The van der Waals surface area contributed by atoms with Crippen LogP contribution in [0.25, 0.3) is 0 Å². The largest absolute Gasteiger partial charge is 0.298 e. The number of carbonyl (C=O) groups excluding carboxylic acids is 1. The lowest BCUT2D eigenvalue weighted by Gasteiger charge is -2.13. The van der Waals surface area contributed by atoms with Crippen LogP contribution in [-0.4, -0.2) is 30.8 Å². The van der Waals surface area contributed by atoms with Gasteiger partial charge in [-0.1, -0.05) is 23.2 Å². The van der Waals surface area contributed by atoms with Crippen LogP contribution in [0.3, 0.4) is 0 Å². The molecule has 1 aromatic rings. The second-order valence-electron chi connectivity index (χ2n) is 3.70. The van der Waals surface area contributed by atoms with E-state index in [0.717, 1.165) is 0 Å². The molecule has 1 rings (SSSR count). The Labute approximate surface area is 111 Å². The zero-order valence-corrected chi connectivity index (χ0v) is 10.9. The predicted molar refractivity (Wildman–Crippen MR) is 68.5 cm³/mol. The maximum absolute atomic E-state index is 11.9. The van der Waals surface area contributed by atoms with Gasteiger partial charge in [0.15, 0.2) is 5.78 Å². The fourth-order valence-electron chi connectivity index (χ4n) is 1.33. The molecule has 0 radical (unpaired) electrons. The molecule has 0 atom stereocenters. The first-order chi connectivity index (χ1) is 8.04. The lowest BCUT2D eigenvalue weighted by Crippen LogP contribution is -2.26. The summed E-state index contributed by atoms with van der Waals surface area (Å²) < 4.78 is 0. The van der Waals surface area contributed by atoms with Crippen LogP contribution in [0.15, 0.2) is 18.2 Å². The van der Waals surface area contributed by atoms with Crippen LogP contribution >= 0.6 is 23.2 Å². The SMILES string of the molecule is CN(CCC#N)CC(=O)c1ccc(Cl)c(Cl)c1. The molecular weight excluding hydrogens is 259 g/mol. The van der Waals surface area contributed by atoms with Crippen molar-refractivity contribution in [3.63, 3.8) is 0 Å². The molecule has 5 heteroatoms. The number of Topliss-reactive ketones (excluding diaryl/α,β-unsaturated/α-hetero) is 1. The highest BCUT2D eigenvalue weighted by molar-refractivity contribution is 6.42. The Morgan fingerprint density at radius 2 is 2.12 bits per heavy atom. The molecule has 1 aromatic carbocycles. The molecule has 0 fully saturated rings. The minimum atomic E-state index is -0.0380. The minimum absolute atomic E-state index is 0.0380. The Balaban J connectivity index is 2.64. The van der Waals surface area contributed by atoms with E-state index in [9.17, 15) is 4.79 Å². The van der Waals surface area contributed by atoms with E-state index >= 15 is 0 Å². The summed E-state index contributed by atoms with van der Waals surface area (Å²) in [5.41, 5.74) is 0.531. The molecule has 0 aliphatic heterocycles. The summed E-state index contributed by atoms with van der Waals surface area (Å²) in [5.74, 6) is -0.0380. The van der Waals surface area contributed by atoms with Crippen molar-refractivity contribution in [2.75, 3.05) is 20.1 Å². The quantitative estimate of drug-likeness (QED) is 0.773. The fourth-order valence-corrected chi connectivity index (χ4v) is 1.62. The van der Waals surface area contributed by atoms with E-state index in [4.69, 9.17) is 28.5 Å². The van der Waals surface area contributed by atoms with Crippen molar-refractivity contribution in [3.05, 3.63) is 33.8 Å². The van der Waals surface area contributed by atoms with Crippen LogP contribution < -0.4 is 0 Å². The number of rotatable bonds is 5. The standard InChI is InChI=1S/C12H12Cl2N2O/c1-16(6-2-5-15)8-12(17)9-3-4-10(13)11(14)7-9/h3-4,7H,2,6,8H2,1H3. The van der Waals surface area contributed by atoms with E-state index in [1.54, 1.807) is 30.1 Å². The first-order valence-corrected chi connectivity index (χ1v) is 5.84. The van der Waals surface area contributed by atoms with Crippen LogP contribution in [0.4, 0.5) is 0 Å². The Kier molecular flexibility index (Phi) is 5.43. The molecule has 0 saturated carbocycles. The molecule has 17 heavy (non-hydrogen) atoms. The zero-order chi connectivity index (χ0) is 12.8. The van der Waals surface area contributed by atoms with E-state index in [0.29, 0.717) is 28.6 Å². The number of hydrogen-bond acceptors (Lipinski definition) is 3. The summed E-state index contributed by atoms with van der Waals surface area (Å²) in [6.45, 7) is 0.837. The summed E-state index contributed by atoms with van der Waals surface area (Å²) >= 11 is 11.6. The third kappa shape index (κ3) is 4.35. The van der Waals surface area contributed by atoms with Gasteiger partial charge in [0.2, 0.25) is 0 Å².